The minimum absolute atomic E-state index is 0.0697. The third kappa shape index (κ3) is 2.60. The van der Waals surface area contributed by atoms with E-state index in [4.69, 9.17) is 0 Å². The number of phenolic OH excluding ortho intramolecular Hbond substituents is 3. The summed E-state index contributed by atoms with van der Waals surface area (Å²) in [6, 6.07) is 2.53. The van der Waals surface area contributed by atoms with Gasteiger partial charge in [0.15, 0.2) is 0 Å². The molecule has 1 aliphatic carbocycles. The molecule has 0 spiro atoms. The Morgan fingerprint density at radius 2 is 1.79 bits per heavy atom. The molecule has 2 unspecified atom stereocenters. The lowest BCUT2D eigenvalue weighted by Gasteiger charge is -2.31. The topological polar surface area (TPSA) is 60.7 Å². The summed E-state index contributed by atoms with van der Waals surface area (Å²) in [6.07, 6.45) is 4.05. The van der Waals surface area contributed by atoms with E-state index in [1.54, 1.807) is 0 Å². The molecule has 19 heavy (non-hydrogen) atoms. The second-order valence-electron chi connectivity index (χ2n) is 5.43. The van der Waals surface area contributed by atoms with Crippen molar-refractivity contribution in [1.82, 2.24) is 0 Å². The van der Waals surface area contributed by atoms with Gasteiger partial charge in [-0.05, 0) is 32.6 Å². The lowest BCUT2D eigenvalue weighted by molar-refractivity contribution is 0.396. The molecule has 2 rings (SSSR count). The maximum absolute atomic E-state index is 10.0. The molecular formula is C16H20O3. The summed E-state index contributed by atoms with van der Waals surface area (Å²) < 4.78 is 0. The Kier molecular flexibility index (Phi) is 3.56. The zero-order valence-corrected chi connectivity index (χ0v) is 11.3. The summed E-state index contributed by atoms with van der Waals surface area (Å²) in [5.41, 5.74) is 2.76. The summed E-state index contributed by atoms with van der Waals surface area (Å²) in [4.78, 5) is 0. The molecule has 0 aromatic heterocycles. The van der Waals surface area contributed by atoms with Gasteiger partial charge in [0.1, 0.15) is 17.2 Å². The number of phenols is 3. The van der Waals surface area contributed by atoms with Crippen LogP contribution in [0.2, 0.25) is 0 Å². The average molecular weight is 260 g/mol. The third-order valence-electron chi connectivity index (χ3n) is 3.83. The summed E-state index contributed by atoms with van der Waals surface area (Å²) in [7, 11) is 0. The second-order valence-corrected chi connectivity index (χ2v) is 5.43. The third-order valence-corrected chi connectivity index (χ3v) is 3.83. The maximum atomic E-state index is 10.0. The molecular weight excluding hydrogens is 240 g/mol. The van der Waals surface area contributed by atoms with Crippen LogP contribution in [0.5, 0.6) is 17.2 Å². The van der Waals surface area contributed by atoms with Crippen LogP contribution in [-0.2, 0) is 0 Å². The Balaban J connectivity index is 2.54. The highest BCUT2D eigenvalue weighted by atomic mass is 16.3. The van der Waals surface area contributed by atoms with Crippen molar-refractivity contribution >= 4 is 0 Å². The molecule has 0 bridgehead atoms. The standard InChI is InChI=1S/C16H20O3/c1-9(2)12-5-4-10(3)6-13(12)16-14(18)7-11(17)8-15(16)19/h6-8,12-13,17-19H,1,4-5H2,2-3H3. The lowest BCUT2D eigenvalue weighted by Crippen LogP contribution is -2.17. The number of rotatable bonds is 2. The fraction of sp³-hybridized carbons (Fsp3) is 0.375. The summed E-state index contributed by atoms with van der Waals surface area (Å²) in [6.45, 7) is 8.04. The molecule has 1 aliphatic rings. The number of hydrogen-bond donors (Lipinski definition) is 3. The highest BCUT2D eigenvalue weighted by molar-refractivity contribution is 5.53. The molecule has 102 valence electrons. The molecule has 0 fully saturated rings. The van der Waals surface area contributed by atoms with Crippen LogP contribution in [0, 0.1) is 5.92 Å². The van der Waals surface area contributed by atoms with Gasteiger partial charge >= 0.3 is 0 Å². The van der Waals surface area contributed by atoms with E-state index in [1.807, 2.05) is 6.92 Å². The van der Waals surface area contributed by atoms with E-state index >= 15 is 0 Å². The molecule has 2 atom stereocenters. The SMILES string of the molecule is C=C(C)C1CCC(C)=CC1c1c(O)cc(O)cc1O. The fourth-order valence-corrected chi connectivity index (χ4v) is 2.86. The zero-order chi connectivity index (χ0) is 14.2. The summed E-state index contributed by atoms with van der Waals surface area (Å²) in [5.74, 6) is -0.168. The molecule has 3 nitrogen and oxygen atoms in total. The van der Waals surface area contributed by atoms with Gasteiger partial charge in [0, 0.05) is 23.6 Å². The summed E-state index contributed by atoms with van der Waals surface area (Å²) in [5, 5.41) is 29.5. The van der Waals surface area contributed by atoms with Crippen molar-refractivity contribution in [1.29, 1.82) is 0 Å². The molecule has 3 N–H and O–H groups in total. The van der Waals surface area contributed by atoms with Gasteiger partial charge in [-0.15, -0.1) is 0 Å². The van der Waals surface area contributed by atoms with E-state index in [0.717, 1.165) is 18.4 Å². The molecule has 3 heteroatoms. The van der Waals surface area contributed by atoms with Crippen molar-refractivity contribution < 1.29 is 15.3 Å². The Labute approximate surface area is 113 Å². The number of benzene rings is 1. The molecule has 0 amide bonds. The molecule has 1 aromatic rings. The normalized spacial score (nSPS) is 22.9. The average Bonchev–Trinajstić information content (AvgIpc) is 2.27. The van der Waals surface area contributed by atoms with Crippen LogP contribution in [-0.4, -0.2) is 15.3 Å². The van der Waals surface area contributed by atoms with E-state index in [1.165, 1.54) is 17.7 Å². The van der Waals surface area contributed by atoms with Crippen LogP contribution < -0.4 is 0 Å². The van der Waals surface area contributed by atoms with E-state index in [-0.39, 0.29) is 29.1 Å². The van der Waals surface area contributed by atoms with Crippen molar-refractivity contribution in [3.8, 4) is 17.2 Å². The molecule has 0 radical (unpaired) electrons. The van der Waals surface area contributed by atoms with Gasteiger partial charge in [0.2, 0.25) is 0 Å². The minimum atomic E-state index is -0.137. The van der Waals surface area contributed by atoms with Gasteiger partial charge in [-0.25, -0.2) is 0 Å². The smallest absolute Gasteiger partial charge is 0.126 e. The van der Waals surface area contributed by atoms with Gasteiger partial charge in [-0.1, -0.05) is 23.8 Å². The Bertz CT molecular complexity index is 520. The first-order valence-corrected chi connectivity index (χ1v) is 6.47. The Morgan fingerprint density at radius 1 is 1.21 bits per heavy atom. The van der Waals surface area contributed by atoms with Crippen molar-refractivity contribution in [3.63, 3.8) is 0 Å². The van der Waals surface area contributed by atoms with Gasteiger partial charge in [-0.3, -0.25) is 0 Å². The van der Waals surface area contributed by atoms with Crippen molar-refractivity contribution in [2.24, 2.45) is 5.92 Å². The van der Waals surface area contributed by atoms with Crippen LogP contribution in [0.25, 0.3) is 0 Å². The van der Waals surface area contributed by atoms with Gasteiger partial charge < -0.3 is 15.3 Å². The van der Waals surface area contributed by atoms with Crippen molar-refractivity contribution in [2.45, 2.75) is 32.6 Å². The first kappa shape index (κ1) is 13.5. The van der Waals surface area contributed by atoms with E-state index in [2.05, 4.69) is 19.6 Å². The highest BCUT2D eigenvalue weighted by Gasteiger charge is 2.30. The second kappa shape index (κ2) is 5.00. The van der Waals surface area contributed by atoms with Gasteiger partial charge in [-0.2, -0.15) is 0 Å². The monoisotopic (exact) mass is 260 g/mol. The van der Waals surface area contributed by atoms with Crippen molar-refractivity contribution in [3.05, 3.63) is 41.5 Å². The van der Waals surface area contributed by atoms with Crippen LogP contribution in [0.1, 0.15) is 38.2 Å². The Hall–Kier alpha value is -1.90. The Morgan fingerprint density at radius 3 is 2.32 bits per heavy atom. The predicted molar refractivity (Wildman–Crippen MR) is 75.5 cm³/mol. The van der Waals surface area contributed by atoms with Gasteiger partial charge in [0.05, 0.1) is 0 Å². The van der Waals surface area contributed by atoms with Gasteiger partial charge in [0.25, 0.3) is 0 Å². The van der Waals surface area contributed by atoms with Crippen molar-refractivity contribution in [2.75, 3.05) is 0 Å². The van der Waals surface area contributed by atoms with Crippen LogP contribution in [0.15, 0.2) is 35.9 Å². The molecule has 1 aromatic carbocycles. The largest absolute Gasteiger partial charge is 0.508 e. The van der Waals surface area contributed by atoms with Crippen LogP contribution in [0.4, 0.5) is 0 Å². The first-order chi connectivity index (χ1) is 8.90. The number of allylic oxidation sites excluding steroid dienone is 3. The number of aromatic hydroxyl groups is 3. The molecule has 0 aliphatic heterocycles. The fourth-order valence-electron chi connectivity index (χ4n) is 2.86. The lowest BCUT2D eigenvalue weighted by atomic mass is 9.74. The molecule has 0 heterocycles. The van der Waals surface area contributed by atoms with E-state index < -0.39 is 0 Å². The molecule has 0 saturated heterocycles. The first-order valence-electron chi connectivity index (χ1n) is 6.47. The zero-order valence-electron chi connectivity index (χ0n) is 11.3. The minimum Gasteiger partial charge on any atom is -0.508 e. The van der Waals surface area contributed by atoms with E-state index in [9.17, 15) is 15.3 Å². The number of hydrogen-bond acceptors (Lipinski definition) is 3. The maximum Gasteiger partial charge on any atom is 0.126 e. The van der Waals surface area contributed by atoms with E-state index in [0.29, 0.717) is 5.56 Å². The van der Waals surface area contributed by atoms with Crippen LogP contribution in [0.3, 0.4) is 0 Å². The van der Waals surface area contributed by atoms with Crippen LogP contribution >= 0.6 is 0 Å². The predicted octanol–water partition coefficient (Wildman–Crippen LogP) is 3.82. The highest BCUT2D eigenvalue weighted by Crippen LogP contribution is 2.47. The quantitative estimate of drug-likeness (QED) is 0.708. The molecule has 0 saturated carbocycles. The summed E-state index contributed by atoms with van der Waals surface area (Å²) >= 11 is 0.